The molecule has 1 fully saturated rings. The number of benzene rings is 1. The molecule has 0 saturated carbocycles. The standard InChI is InChI=1S/C19H25ClN2O5/c1-19(2,3)27-9-8-15(18(25)26)21-17(24)12-10-16(23)22(11-12)14-6-4-13(20)5-7-14/h4-7,12,15H,8-11H2,1-3H3,(H,21,24)(H,25,26). The zero-order valence-electron chi connectivity index (χ0n) is 15.7. The molecule has 1 aromatic rings. The number of halogens is 1. The lowest BCUT2D eigenvalue weighted by Crippen LogP contribution is -2.45. The normalized spacial score (nSPS) is 18.4. The molecule has 1 aliphatic rings. The van der Waals surface area contributed by atoms with Crippen LogP contribution in [0.3, 0.4) is 0 Å². The second kappa shape index (κ2) is 8.71. The first-order chi connectivity index (χ1) is 12.6. The van der Waals surface area contributed by atoms with Gasteiger partial charge in [-0.2, -0.15) is 0 Å². The number of carbonyl (C=O) groups is 3. The topological polar surface area (TPSA) is 95.9 Å². The average Bonchev–Trinajstić information content (AvgIpc) is 2.95. The Morgan fingerprint density at radius 2 is 1.96 bits per heavy atom. The number of ether oxygens (including phenoxy) is 1. The van der Waals surface area contributed by atoms with Crippen LogP contribution in [0.2, 0.25) is 5.02 Å². The highest BCUT2D eigenvalue weighted by atomic mass is 35.5. The Morgan fingerprint density at radius 1 is 1.33 bits per heavy atom. The predicted molar refractivity (Wildman–Crippen MR) is 102 cm³/mol. The Hall–Kier alpha value is -2.12. The second-order valence-electron chi connectivity index (χ2n) is 7.53. The molecule has 0 spiro atoms. The zero-order valence-corrected chi connectivity index (χ0v) is 16.5. The van der Waals surface area contributed by atoms with Gasteiger partial charge in [-0.25, -0.2) is 4.79 Å². The van der Waals surface area contributed by atoms with Gasteiger partial charge in [-0.1, -0.05) is 11.6 Å². The van der Waals surface area contributed by atoms with Gasteiger partial charge in [-0.3, -0.25) is 9.59 Å². The summed E-state index contributed by atoms with van der Waals surface area (Å²) in [6, 6.07) is 5.72. The van der Waals surface area contributed by atoms with Crippen LogP contribution in [0.25, 0.3) is 0 Å². The monoisotopic (exact) mass is 396 g/mol. The molecule has 2 rings (SSSR count). The molecule has 2 atom stereocenters. The quantitative estimate of drug-likeness (QED) is 0.738. The molecule has 7 nitrogen and oxygen atoms in total. The Kier molecular flexibility index (Phi) is 6.84. The molecule has 0 bridgehead atoms. The van der Waals surface area contributed by atoms with Crippen LogP contribution in [0, 0.1) is 5.92 Å². The number of nitrogens with one attached hydrogen (secondary N) is 1. The number of aliphatic carboxylic acids is 1. The van der Waals surface area contributed by atoms with E-state index in [1.807, 2.05) is 20.8 Å². The molecule has 2 N–H and O–H groups in total. The molecule has 2 unspecified atom stereocenters. The maximum atomic E-state index is 12.5. The van der Waals surface area contributed by atoms with Crippen molar-refractivity contribution in [3.8, 4) is 0 Å². The zero-order chi connectivity index (χ0) is 20.2. The van der Waals surface area contributed by atoms with Gasteiger partial charge in [0.05, 0.1) is 11.5 Å². The van der Waals surface area contributed by atoms with Crippen LogP contribution in [0.1, 0.15) is 33.6 Å². The van der Waals surface area contributed by atoms with Gasteiger partial charge in [-0.15, -0.1) is 0 Å². The number of hydrogen-bond donors (Lipinski definition) is 2. The van der Waals surface area contributed by atoms with Gasteiger partial charge in [0.1, 0.15) is 6.04 Å². The van der Waals surface area contributed by atoms with Crippen molar-refractivity contribution < 1.29 is 24.2 Å². The predicted octanol–water partition coefficient (Wildman–Crippen LogP) is 2.47. The van der Waals surface area contributed by atoms with Crippen LogP contribution in [-0.2, 0) is 19.1 Å². The summed E-state index contributed by atoms with van der Waals surface area (Å²) in [7, 11) is 0. The van der Waals surface area contributed by atoms with E-state index in [4.69, 9.17) is 16.3 Å². The largest absolute Gasteiger partial charge is 0.480 e. The molecule has 148 valence electrons. The third-order valence-electron chi connectivity index (χ3n) is 4.19. The number of nitrogens with zero attached hydrogens (tertiary/aromatic N) is 1. The van der Waals surface area contributed by atoms with Crippen molar-refractivity contribution in [2.75, 3.05) is 18.1 Å². The molecular formula is C19H25ClN2O5. The van der Waals surface area contributed by atoms with Crippen LogP contribution < -0.4 is 10.2 Å². The van der Waals surface area contributed by atoms with Crippen LogP contribution in [0.5, 0.6) is 0 Å². The van der Waals surface area contributed by atoms with Crippen molar-refractivity contribution in [1.29, 1.82) is 0 Å². The van der Waals surface area contributed by atoms with E-state index >= 15 is 0 Å². The fourth-order valence-electron chi connectivity index (χ4n) is 2.78. The summed E-state index contributed by atoms with van der Waals surface area (Å²) in [5.41, 5.74) is 0.275. The minimum Gasteiger partial charge on any atom is -0.480 e. The average molecular weight is 397 g/mol. The van der Waals surface area contributed by atoms with Gasteiger partial charge in [0.15, 0.2) is 0 Å². The molecule has 8 heteroatoms. The molecular weight excluding hydrogens is 372 g/mol. The molecule has 1 heterocycles. The van der Waals surface area contributed by atoms with E-state index in [-0.39, 0.29) is 37.5 Å². The number of anilines is 1. The van der Waals surface area contributed by atoms with E-state index < -0.39 is 23.8 Å². The third kappa shape index (κ3) is 6.22. The van der Waals surface area contributed by atoms with Crippen LogP contribution in [0.4, 0.5) is 5.69 Å². The van der Waals surface area contributed by atoms with Crippen LogP contribution in [0.15, 0.2) is 24.3 Å². The molecule has 0 radical (unpaired) electrons. The maximum absolute atomic E-state index is 12.5. The summed E-state index contributed by atoms with van der Waals surface area (Å²) >= 11 is 5.86. The fourth-order valence-corrected chi connectivity index (χ4v) is 2.91. The summed E-state index contributed by atoms with van der Waals surface area (Å²) in [5.74, 6) is -2.35. The number of carbonyl (C=O) groups excluding carboxylic acids is 2. The number of amides is 2. The van der Waals surface area contributed by atoms with Crippen molar-refractivity contribution in [2.24, 2.45) is 5.92 Å². The lowest BCUT2D eigenvalue weighted by atomic mass is 10.1. The molecule has 2 amide bonds. The van der Waals surface area contributed by atoms with Gasteiger partial charge in [0, 0.05) is 36.7 Å². The Morgan fingerprint density at radius 3 is 2.52 bits per heavy atom. The molecule has 1 aromatic carbocycles. The Labute approximate surface area is 163 Å². The van der Waals surface area contributed by atoms with E-state index in [2.05, 4.69) is 5.32 Å². The minimum absolute atomic E-state index is 0.0410. The summed E-state index contributed by atoms with van der Waals surface area (Å²) in [6.07, 6.45) is 0.194. The fraction of sp³-hybridized carbons (Fsp3) is 0.526. The van der Waals surface area contributed by atoms with Gasteiger partial charge in [0.2, 0.25) is 11.8 Å². The molecule has 0 aliphatic carbocycles. The molecule has 27 heavy (non-hydrogen) atoms. The first-order valence-electron chi connectivity index (χ1n) is 8.80. The molecule has 1 aliphatic heterocycles. The highest BCUT2D eigenvalue weighted by Gasteiger charge is 2.36. The van der Waals surface area contributed by atoms with Crippen molar-refractivity contribution in [3.63, 3.8) is 0 Å². The van der Waals surface area contributed by atoms with E-state index in [9.17, 15) is 19.5 Å². The van der Waals surface area contributed by atoms with E-state index in [0.29, 0.717) is 10.7 Å². The van der Waals surface area contributed by atoms with E-state index in [1.165, 1.54) is 4.90 Å². The summed E-state index contributed by atoms with van der Waals surface area (Å²) < 4.78 is 5.53. The molecule has 1 saturated heterocycles. The van der Waals surface area contributed by atoms with Gasteiger partial charge in [0.25, 0.3) is 0 Å². The Balaban J connectivity index is 1.94. The van der Waals surface area contributed by atoms with Crippen LogP contribution in [-0.4, -0.2) is 47.7 Å². The first-order valence-corrected chi connectivity index (χ1v) is 9.17. The lowest BCUT2D eigenvalue weighted by Gasteiger charge is -2.22. The SMILES string of the molecule is CC(C)(C)OCCC(NC(=O)C1CC(=O)N(c2ccc(Cl)cc2)C1)C(=O)O. The minimum atomic E-state index is -1.13. The van der Waals surface area contributed by atoms with Crippen molar-refractivity contribution >= 4 is 35.1 Å². The van der Waals surface area contributed by atoms with Gasteiger partial charge >= 0.3 is 5.97 Å². The number of carboxylic acids is 1. The number of hydrogen-bond acceptors (Lipinski definition) is 4. The smallest absolute Gasteiger partial charge is 0.326 e. The van der Waals surface area contributed by atoms with Crippen molar-refractivity contribution in [1.82, 2.24) is 5.32 Å². The highest BCUT2D eigenvalue weighted by Crippen LogP contribution is 2.26. The summed E-state index contributed by atoms with van der Waals surface area (Å²) in [5, 5.41) is 12.4. The first kappa shape index (κ1) is 21.2. The third-order valence-corrected chi connectivity index (χ3v) is 4.44. The second-order valence-corrected chi connectivity index (χ2v) is 7.97. The van der Waals surface area contributed by atoms with Crippen LogP contribution >= 0.6 is 11.6 Å². The summed E-state index contributed by atoms with van der Waals surface area (Å²) in [6.45, 7) is 6.03. The summed E-state index contributed by atoms with van der Waals surface area (Å²) in [4.78, 5) is 37.7. The number of carboxylic acid groups (broad SMARTS) is 1. The van der Waals surface area contributed by atoms with E-state index in [1.54, 1.807) is 24.3 Å². The van der Waals surface area contributed by atoms with Gasteiger partial charge in [-0.05, 0) is 45.0 Å². The van der Waals surface area contributed by atoms with Crippen molar-refractivity contribution in [3.05, 3.63) is 29.3 Å². The Bertz CT molecular complexity index is 699. The van der Waals surface area contributed by atoms with Gasteiger partial charge < -0.3 is 20.1 Å². The number of rotatable bonds is 7. The van der Waals surface area contributed by atoms with Crippen molar-refractivity contribution in [2.45, 2.75) is 45.3 Å². The highest BCUT2D eigenvalue weighted by molar-refractivity contribution is 6.30. The maximum Gasteiger partial charge on any atom is 0.326 e. The lowest BCUT2D eigenvalue weighted by molar-refractivity contribution is -0.143. The molecule has 0 aromatic heterocycles. The van der Waals surface area contributed by atoms with E-state index in [0.717, 1.165) is 0 Å².